The van der Waals surface area contributed by atoms with Crippen LogP contribution in [-0.2, 0) is 4.79 Å². The molecule has 8 nitrogen and oxygen atoms in total. The van der Waals surface area contributed by atoms with Crippen molar-refractivity contribution in [3.63, 3.8) is 0 Å². The molecule has 2 N–H and O–H groups in total. The van der Waals surface area contributed by atoms with Gasteiger partial charge >= 0.3 is 0 Å². The second-order valence-corrected chi connectivity index (χ2v) is 5.86. The molecule has 1 aromatic rings. The zero-order valence-corrected chi connectivity index (χ0v) is 13.5. The molecule has 0 unspecified atom stereocenters. The first-order valence-corrected chi connectivity index (χ1v) is 7.38. The molecule has 1 aromatic carbocycles. The number of hydrogen-bond acceptors (Lipinski definition) is 6. The van der Waals surface area contributed by atoms with Crippen molar-refractivity contribution in [1.82, 2.24) is 15.8 Å². The van der Waals surface area contributed by atoms with Crippen LogP contribution in [0.1, 0.15) is 10.4 Å². The van der Waals surface area contributed by atoms with Gasteiger partial charge in [-0.05, 0) is 12.1 Å². The number of thiocarbonyl (C=S) groups is 1. The maximum absolute atomic E-state index is 11.7. The lowest BCUT2D eigenvalue weighted by molar-refractivity contribution is -0.384. The highest BCUT2D eigenvalue weighted by atomic mass is 32.2. The van der Waals surface area contributed by atoms with Crippen molar-refractivity contribution in [2.24, 2.45) is 0 Å². The van der Waals surface area contributed by atoms with E-state index in [4.69, 9.17) is 12.2 Å². The van der Waals surface area contributed by atoms with Gasteiger partial charge in [0, 0.05) is 31.8 Å². The number of hydrazine groups is 1. The maximum Gasteiger partial charge on any atom is 0.269 e. The third-order valence-electron chi connectivity index (χ3n) is 2.35. The summed E-state index contributed by atoms with van der Waals surface area (Å²) < 4.78 is 0.553. The number of nitro benzene ring substituents is 1. The number of rotatable bonds is 4. The molecule has 0 radical (unpaired) electrons. The van der Waals surface area contributed by atoms with Gasteiger partial charge < -0.3 is 4.90 Å². The fourth-order valence-electron chi connectivity index (χ4n) is 1.23. The van der Waals surface area contributed by atoms with Crippen molar-refractivity contribution in [2.75, 3.05) is 19.8 Å². The summed E-state index contributed by atoms with van der Waals surface area (Å²) in [6.45, 7) is 0. The maximum atomic E-state index is 11.7. The van der Waals surface area contributed by atoms with Crippen LogP contribution in [0.5, 0.6) is 0 Å². The van der Waals surface area contributed by atoms with Crippen molar-refractivity contribution in [2.45, 2.75) is 0 Å². The Morgan fingerprint density at radius 3 is 2.36 bits per heavy atom. The molecule has 0 aliphatic rings. The predicted octanol–water partition coefficient (Wildman–Crippen LogP) is 0.935. The molecule has 10 heteroatoms. The van der Waals surface area contributed by atoms with Crippen LogP contribution in [0, 0.1) is 10.1 Å². The number of nitro groups is 1. The highest BCUT2D eigenvalue weighted by molar-refractivity contribution is 8.23. The number of nitrogens with zero attached hydrogens (tertiary/aromatic N) is 2. The number of benzene rings is 1. The normalized spacial score (nSPS) is 9.73. The molecule has 0 aromatic heterocycles. The van der Waals surface area contributed by atoms with Crippen LogP contribution in [0.4, 0.5) is 5.69 Å². The fourth-order valence-corrected chi connectivity index (χ4v) is 1.99. The highest BCUT2D eigenvalue weighted by Gasteiger charge is 2.11. The summed E-state index contributed by atoms with van der Waals surface area (Å²) in [5, 5.41) is 10.5. The summed E-state index contributed by atoms with van der Waals surface area (Å²) in [5.74, 6) is -0.912. The van der Waals surface area contributed by atoms with E-state index in [1.165, 1.54) is 24.3 Å². The molecule has 0 bridgehead atoms. The monoisotopic (exact) mass is 342 g/mol. The Morgan fingerprint density at radius 2 is 1.86 bits per heavy atom. The van der Waals surface area contributed by atoms with Crippen molar-refractivity contribution in [1.29, 1.82) is 0 Å². The average molecular weight is 342 g/mol. The summed E-state index contributed by atoms with van der Waals surface area (Å²) >= 11 is 6.17. The fraction of sp³-hybridized carbons (Fsp3) is 0.250. The van der Waals surface area contributed by atoms with Gasteiger partial charge in [-0.2, -0.15) is 0 Å². The summed E-state index contributed by atoms with van der Waals surface area (Å²) in [6.07, 6.45) is 0. The SMILES string of the molecule is CN(C)C(=S)SCC(=O)NNC(=O)c1ccc([N+](=O)[O-])cc1. The van der Waals surface area contributed by atoms with Gasteiger partial charge in [-0.25, -0.2) is 0 Å². The lowest BCUT2D eigenvalue weighted by Crippen LogP contribution is -2.42. The molecule has 118 valence electrons. The van der Waals surface area contributed by atoms with Gasteiger partial charge in [-0.3, -0.25) is 30.6 Å². The van der Waals surface area contributed by atoms with E-state index in [1.807, 2.05) is 0 Å². The summed E-state index contributed by atoms with van der Waals surface area (Å²) in [7, 11) is 3.53. The molecule has 2 amide bonds. The number of carbonyl (C=O) groups excluding carboxylic acids is 2. The Balaban J connectivity index is 2.43. The van der Waals surface area contributed by atoms with E-state index < -0.39 is 16.7 Å². The predicted molar refractivity (Wildman–Crippen MR) is 87.4 cm³/mol. The first kappa shape index (κ1) is 17.9. The second-order valence-electron chi connectivity index (χ2n) is 4.26. The van der Waals surface area contributed by atoms with E-state index in [2.05, 4.69) is 10.9 Å². The van der Waals surface area contributed by atoms with Crippen LogP contribution >= 0.6 is 24.0 Å². The van der Waals surface area contributed by atoms with E-state index in [0.29, 0.717) is 4.32 Å². The molecule has 0 saturated heterocycles. The van der Waals surface area contributed by atoms with Crippen molar-refractivity contribution >= 4 is 45.8 Å². The highest BCUT2D eigenvalue weighted by Crippen LogP contribution is 2.11. The summed E-state index contributed by atoms with van der Waals surface area (Å²) in [6, 6.07) is 5.02. The molecule has 0 fully saturated rings. The second kappa shape index (κ2) is 8.29. The zero-order chi connectivity index (χ0) is 16.7. The largest absolute Gasteiger partial charge is 0.364 e. The summed E-state index contributed by atoms with van der Waals surface area (Å²) in [5.41, 5.74) is 4.54. The summed E-state index contributed by atoms with van der Waals surface area (Å²) in [4.78, 5) is 34.9. The Kier molecular flexibility index (Phi) is 6.73. The molecular formula is C12H14N4O4S2. The van der Waals surface area contributed by atoms with Crippen molar-refractivity contribution in [3.8, 4) is 0 Å². The van der Waals surface area contributed by atoms with Crippen LogP contribution in [0.2, 0.25) is 0 Å². The van der Waals surface area contributed by atoms with Gasteiger partial charge in [-0.15, -0.1) is 0 Å². The molecule has 0 aliphatic carbocycles. The number of hydrogen-bond donors (Lipinski definition) is 2. The Morgan fingerprint density at radius 1 is 1.27 bits per heavy atom. The van der Waals surface area contributed by atoms with E-state index in [-0.39, 0.29) is 17.0 Å². The molecule has 0 saturated carbocycles. The smallest absolute Gasteiger partial charge is 0.269 e. The van der Waals surface area contributed by atoms with Crippen LogP contribution < -0.4 is 10.9 Å². The number of carbonyl (C=O) groups is 2. The Labute approximate surface area is 136 Å². The minimum atomic E-state index is -0.566. The van der Waals surface area contributed by atoms with Gasteiger partial charge in [0.25, 0.3) is 11.6 Å². The minimum absolute atomic E-state index is 0.0670. The number of nitrogens with one attached hydrogen (secondary N) is 2. The van der Waals surface area contributed by atoms with E-state index in [1.54, 1.807) is 19.0 Å². The Hall–Kier alpha value is -2.20. The molecule has 0 spiro atoms. The third kappa shape index (κ3) is 5.66. The first-order valence-electron chi connectivity index (χ1n) is 5.99. The molecule has 0 atom stereocenters. The minimum Gasteiger partial charge on any atom is -0.364 e. The molecule has 1 rings (SSSR count). The molecular weight excluding hydrogens is 328 g/mol. The standard InChI is InChI=1S/C12H14N4O4S2/c1-15(2)12(21)22-7-10(17)13-14-11(18)8-3-5-9(6-4-8)16(19)20/h3-6H,7H2,1-2H3,(H,13,17)(H,14,18). The average Bonchev–Trinajstić information content (AvgIpc) is 2.50. The van der Waals surface area contributed by atoms with E-state index in [0.717, 1.165) is 11.8 Å². The number of thioether (sulfide) groups is 1. The lowest BCUT2D eigenvalue weighted by Gasteiger charge is -2.12. The lowest BCUT2D eigenvalue weighted by atomic mass is 10.2. The van der Waals surface area contributed by atoms with Crippen LogP contribution in [0.15, 0.2) is 24.3 Å². The van der Waals surface area contributed by atoms with Gasteiger partial charge in [0.1, 0.15) is 4.32 Å². The quantitative estimate of drug-likeness (QED) is 0.476. The van der Waals surface area contributed by atoms with Crippen LogP contribution in [0.3, 0.4) is 0 Å². The van der Waals surface area contributed by atoms with Gasteiger partial charge in [0.05, 0.1) is 10.7 Å². The molecule has 0 heterocycles. The van der Waals surface area contributed by atoms with E-state index >= 15 is 0 Å². The molecule has 22 heavy (non-hydrogen) atoms. The first-order chi connectivity index (χ1) is 10.3. The number of non-ortho nitro benzene ring substituents is 1. The topological polar surface area (TPSA) is 105 Å². The Bertz CT molecular complexity index is 589. The van der Waals surface area contributed by atoms with Crippen LogP contribution in [0.25, 0.3) is 0 Å². The van der Waals surface area contributed by atoms with Crippen LogP contribution in [-0.4, -0.2) is 45.8 Å². The zero-order valence-electron chi connectivity index (χ0n) is 11.9. The van der Waals surface area contributed by atoms with Gasteiger partial charge in [-0.1, -0.05) is 24.0 Å². The number of amides is 2. The van der Waals surface area contributed by atoms with Gasteiger partial charge in [0.15, 0.2) is 0 Å². The van der Waals surface area contributed by atoms with Crippen molar-refractivity contribution < 1.29 is 14.5 Å². The third-order valence-corrected chi connectivity index (χ3v) is 4.08. The van der Waals surface area contributed by atoms with E-state index in [9.17, 15) is 19.7 Å². The van der Waals surface area contributed by atoms with Crippen molar-refractivity contribution in [3.05, 3.63) is 39.9 Å². The van der Waals surface area contributed by atoms with Gasteiger partial charge in [0.2, 0.25) is 5.91 Å². The molecule has 0 aliphatic heterocycles.